The molecular weight excluding hydrogens is 460 g/mol. The molecule has 1 aliphatic rings. The van der Waals surface area contributed by atoms with Gasteiger partial charge >= 0.3 is 5.97 Å². The molecule has 0 atom stereocenters. The average molecular weight is 495 g/mol. The Morgan fingerprint density at radius 1 is 1.00 bits per heavy atom. The van der Waals surface area contributed by atoms with Gasteiger partial charge in [0.25, 0.3) is 0 Å². The average Bonchev–Trinajstić information content (AvgIpc) is 3.17. The summed E-state index contributed by atoms with van der Waals surface area (Å²) in [5.74, 6) is 0.0631. The van der Waals surface area contributed by atoms with E-state index in [9.17, 15) is 9.59 Å². The number of rotatable bonds is 11. The Labute approximate surface area is 213 Å². The van der Waals surface area contributed by atoms with Gasteiger partial charge in [0, 0.05) is 47.6 Å². The number of hydrogen-bond acceptors (Lipinski definition) is 3. The Hall–Kier alpha value is -2.79. The largest absolute Gasteiger partial charge is 0.466 e. The van der Waals surface area contributed by atoms with E-state index in [0.29, 0.717) is 26.0 Å². The number of amides is 1. The van der Waals surface area contributed by atoms with E-state index in [2.05, 4.69) is 34.9 Å². The zero-order valence-electron chi connectivity index (χ0n) is 20.6. The predicted molar refractivity (Wildman–Crippen MR) is 141 cm³/mol. The molecule has 0 unspecified atom stereocenters. The van der Waals surface area contributed by atoms with Crippen LogP contribution in [0.1, 0.15) is 62.3 Å². The molecule has 2 aromatic carbocycles. The Morgan fingerprint density at radius 2 is 1.83 bits per heavy atom. The zero-order valence-corrected chi connectivity index (χ0v) is 21.4. The van der Waals surface area contributed by atoms with E-state index in [1.807, 2.05) is 30.0 Å². The summed E-state index contributed by atoms with van der Waals surface area (Å²) in [6, 6.07) is 16.7. The van der Waals surface area contributed by atoms with Gasteiger partial charge in [-0.05, 0) is 68.4 Å². The van der Waals surface area contributed by atoms with E-state index < -0.39 is 0 Å². The van der Waals surface area contributed by atoms with Crippen molar-refractivity contribution in [3.63, 3.8) is 0 Å². The number of benzene rings is 2. The summed E-state index contributed by atoms with van der Waals surface area (Å²) in [5.41, 5.74) is 5.18. The maximum absolute atomic E-state index is 13.0. The van der Waals surface area contributed by atoms with Crippen LogP contribution in [0.5, 0.6) is 0 Å². The minimum atomic E-state index is -0.148. The summed E-state index contributed by atoms with van der Waals surface area (Å²) < 4.78 is 7.39. The standard InChI is InChI=1S/C29H35ClN2O3/c1-2-35-29(34)16-5-3-4-15-28(33)31-19-17-25-24-13-6-7-14-26(24)32(27(25)21-31)18-9-11-22-10-8-12-23(30)20-22/h6-8,10,12-14,20H,2-5,9,11,15-19,21H2,1H3. The highest BCUT2D eigenvalue weighted by atomic mass is 35.5. The number of carbonyl (C=O) groups is 2. The van der Waals surface area contributed by atoms with Crippen molar-refractivity contribution in [2.45, 2.75) is 71.4 Å². The van der Waals surface area contributed by atoms with Crippen LogP contribution in [-0.4, -0.2) is 34.5 Å². The third-order valence-electron chi connectivity index (χ3n) is 6.83. The second-order valence-corrected chi connectivity index (χ2v) is 9.69. The molecule has 0 fully saturated rings. The van der Waals surface area contributed by atoms with Gasteiger partial charge < -0.3 is 14.2 Å². The molecule has 1 amide bonds. The van der Waals surface area contributed by atoms with Crippen molar-refractivity contribution in [2.24, 2.45) is 0 Å². The summed E-state index contributed by atoms with van der Waals surface area (Å²) in [4.78, 5) is 26.5. The highest BCUT2D eigenvalue weighted by molar-refractivity contribution is 6.30. The lowest BCUT2D eigenvalue weighted by molar-refractivity contribution is -0.143. The number of para-hydroxylation sites is 1. The molecule has 35 heavy (non-hydrogen) atoms. The fraction of sp³-hybridized carbons (Fsp3) is 0.448. The second-order valence-electron chi connectivity index (χ2n) is 9.26. The lowest BCUT2D eigenvalue weighted by Crippen LogP contribution is -2.36. The van der Waals surface area contributed by atoms with Crippen LogP contribution in [0.3, 0.4) is 0 Å². The number of halogens is 1. The molecule has 0 spiro atoms. The van der Waals surface area contributed by atoms with Gasteiger partial charge in [-0.3, -0.25) is 9.59 Å². The van der Waals surface area contributed by atoms with Crippen LogP contribution in [0.25, 0.3) is 10.9 Å². The molecular formula is C29H35ClN2O3. The summed E-state index contributed by atoms with van der Waals surface area (Å²) in [7, 11) is 0. The van der Waals surface area contributed by atoms with Gasteiger partial charge in [0.15, 0.2) is 0 Å². The number of hydrogen-bond donors (Lipinski definition) is 0. The van der Waals surface area contributed by atoms with Gasteiger partial charge in [-0.25, -0.2) is 0 Å². The van der Waals surface area contributed by atoms with Crippen LogP contribution in [0, 0.1) is 0 Å². The van der Waals surface area contributed by atoms with Crippen molar-refractivity contribution in [1.29, 1.82) is 0 Å². The van der Waals surface area contributed by atoms with Crippen LogP contribution >= 0.6 is 11.6 Å². The molecule has 0 bridgehead atoms. The van der Waals surface area contributed by atoms with Gasteiger partial charge in [-0.1, -0.05) is 48.4 Å². The fourth-order valence-electron chi connectivity index (χ4n) is 5.11. The second kappa shape index (κ2) is 12.3. The van der Waals surface area contributed by atoms with Crippen molar-refractivity contribution in [1.82, 2.24) is 9.47 Å². The molecule has 4 rings (SSSR count). The molecule has 0 saturated heterocycles. The van der Waals surface area contributed by atoms with Gasteiger partial charge in [0.2, 0.25) is 5.91 Å². The first-order chi connectivity index (χ1) is 17.1. The molecule has 1 aromatic heterocycles. The molecule has 2 heterocycles. The smallest absolute Gasteiger partial charge is 0.305 e. The van der Waals surface area contributed by atoms with Crippen molar-refractivity contribution < 1.29 is 14.3 Å². The van der Waals surface area contributed by atoms with Crippen molar-refractivity contribution in [3.8, 4) is 0 Å². The lowest BCUT2D eigenvalue weighted by Gasteiger charge is -2.29. The molecule has 3 aromatic rings. The predicted octanol–water partition coefficient (Wildman–Crippen LogP) is 6.33. The first-order valence-corrected chi connectivity index (χ1v) is 13.2. The highest BCUT2D eigenvalue weighted by Crippen LogP contribution is 2.31. The molecule has 186 valence electrons. The van der Waals surface area contributed by atoms with E-state index in [1.165, 1.54) is 27.7 Å². The van der Waals surface area contributed by atoms with Gasteiger partial charge in [-0.2, -0.15) is 0 Å². The number of nitrogens with zero attached hydrogens (tertiary/aromatic N) is 2. The number of fused-ring (bicyclic) bond motifs is 3. The fourth-order valence-corrected chi connectivity index (χ4v) is 5.32. The first kappa shape index (κ1) is 25.3. The Balaban J connectivity index is 1.38. The molecule has 0 aliphatic carbocycles. The molecule has 0 radical (unpaired) electrons. The number of ether oxygens (including phenoxy) is 1. The van der Waals surface area contributed by atoms with E-state index in [0.717, 1.165) is 56.6 Å². The van der Waals surface area contributed by atoms with E-state index in [1.54, 1.807) is 0 Å². The summed E-state index contributed by atoms with van der Waals surface area (Å²) in [5, 5.41) is 2.10. The minimum Gasteiger partial charge on any atom is -0.466 e. The third kappa shape index (κ3) is 6.46. The molecule has 6 heteroatoms. The number of unbranched alkanes of at least 4 members (excludes halogenated alkanes) is 2. The normalized spacial score (nSPS) is 13.1. The molecule has 0 saturated carbocycles. The number of aromatic nitrogens is 1. The van der Waals surface area contributed by atoms with E-state index in [-0.39, 0.29) is 11.9 Å². The molecule has 5 nitrogen and oxygen atoms in total. The van der Waals surface area contributed by atoms with E-state index >= 15 is 0 Å². The summed E-state index contributed by atoms with van der Waals surface area (Å²) in [6.45, 7) is 4.59. The minimum absolute atomic E-state index is 0.148. The SMILES string of the molecule is CCOC(=O)CCCCCC(=O)N1CCc2c(n(CCCc3cccc(Cl)c3)c3ccccc23)C1. The van der Waals surface area contributed by atoms with Gasteiger partial charge in [-0.15, -0.1) is 0 Å². The number of aryl methyl sites for hydroxylation is 2. The quantitative estimate of drug-likeness (QED) is 0.231. The van der Waals surface area contributed by atoms with Gasteiger partial charge in [0.1, 0.15) is 0 Å². The van der Waals surface area contributed by atoms with Crippen LogP contribution in [0.15, 0.2) is 48.5 Å². The summed E-state index contributed by atoms with van der Waals surface area (Å²) >= 11 is 6.16. The van der Waals surface area contributed by atoms with Crippen LogP contribution < -0.4 is 0 Å². The number of esters is 1. The van der Waals surface area contributed by atoms with Crippen molar-refractivity contribution in [3.05, 3.63) is 70.4 Å². The zero-order chi connectivity index (χ0) is 24.6. The summed E-state index contributed by atoms with van der Waals surface area (Å²) in [6.07, 6.45) is 6.30. The maximum Gasteiger partial charge on any atom is 0.305 e. The van der Waals surface area contributed by atoms with Crippen LogP contribution in [0.2, 0.25) is 5.02 Å². The van der Waals surface area contributed by atoms with Crippen molar-refractivity contribution >= 4 is 34.4 Å². The third-order valence-corrected chi connectivity index (χ3v) is 7.07. The van der Waals surface area contributed by atoms with E-state index in [4.69, 9.17) is 16.3 Å². The monoisotopic (exact) mass is 494 g/mol. The lowest BCUT2D eigenvalue weighted by atomic mass is 10.0. The number of carbonyl (C=O) groups excluding carboxylic acids is 2. The van der Waals surface area contributed by atoms with Crippen molar-refractivity contribution in [2.75, 3.05) is 13.2 Å². The Bertz CT molecular complexity index is 1170. The Kier molecular flexibility index (Phi) is 8.86. The highest BCUT2D eigenvalue weighted by Gasteiger charge is 2.26. The molecule has 0 N–H and O–H groups in total. The maximum atomic E-state index is 13.0. The van der Waals surface area contributed by atoms with Crippen LogP contribution in [-0.2, 0) is 40.3 Å². The topological polar surface area (TPSA) is 51.5 Å². The molecule has 1 aliphatic heterocycles. The van der Waals surface area contributed by atoms with Crippen LogP contribution in [0.4, 0.5) is 0 Å². The van der Waals surface area contributed by atoms with Gasteiger partial charge in [0.05, 0.1) is 13.2 Å². The Morgan fingerprint density at radius 3 is 2.66 bits per heavy atom. The first-order valence-electron chi connectivity index (χ1n) is 12.8.